The Kier molecular flexibility index (Phi) is 6.36. The van der Waals surface area contributed by atoms with Crippen molar-refractivity contribution < 1.29 is 9.53 Å². The Morgan fingerprint density at radius 2 is 1.81 bits per heavy atom. The third kappa shape index (κ3) is 5.24. The van der Waals surface area contributed by atoms with E-state index in [0.717, 1.165) is 56.2 Å². The number of benzene rings is 1. The Labute approximate surface area is 160 Å². The summed E-state index contributed by atoms with van der Waals surface area (Å²) in [6.07, 6.45) is 1.42. The van der Waals surface area contributed by atoms with Gasteiger partial charge in [0.1, 0.15) is 17.8 Å². The maximum atomic E-state index is 12.6. The highest BCUT2D eigenvalue weighted by Crippen LogP contribution is 2.22. The smallest absolute Gasteiger partial charge is 0.274 e. The highest BCUT2D eigenvalue weighted by Gasteiger charge is 2.13. The molecule has 2 aromatic rings. The van der Waals surface area contributed by atoms with Crippen molar-refractivity contribution in [2.45, 2.75) is 20.8 Å². The molecule has 7 heteroatoms. The van der Waals surface area contributed by atoms with Crippen molar-refractivity contribution >= 4 is 17.4 Å². The zero-order valence-electron chi connectivity index (χ0n) is 16.2. The van der Waals surface area contributed by atoms with E-state index in [1.54, 1.807) is 6.07 Å². The largest absolute Gasteiger partial charge is 0.379 e. The summed E-state index contributed by atoms with van der Waals surface area (Å²) in [4.78, 5) is 23.3. The zero-order chi connectivity index (χ0) is 19.2. The van der Waals surface area contributed by atoms with Crippen LogP contribution in [0.2, 0.25) is 0 Å². The van der Waals surface area contributed by atoms with E-state index in [0.29, 0.717) is 11.5 Å². The van der Waals surface area contributed by atoms with Crippen LogP contribution in [0.15, 0.2) is 24.5 Å². The number of carbonyl (C=O) groups excluding carboxylic acids is 1. The molecule has 3 rings (SSSR count). The monoisotopic (exact) mass is 369 g/mol. The number of carbonyl (C=O) groups is 1. The average Bonchev–Trinajstić information content (AvgIpc) is 2.65. The summed E-state index contributed by atoms with van der Waals surface area (Å²) in [6.45, 7) is 11.2. The molecule has 0 radical (unpaired) electrons. The number of nitrogens with zero attached hydrogens (tertiary/aromatic N) is 3. The first-order chi connectivity index (χ1) is 13.0. The highest BCUT2D eigenvalue weighted by molar-refractivity contribution is 6.04. The number of aromatic nitrogens is 2. The van der Waals surface area contributed by atoms with Crippen LogP contribution in [0.25, 0.3) is 0 Å². The number of hydrogen-bond acceptors (Lipinski definition) is 6. The van der Waals surface area contributed by atoms with Crippen molar-refractivity contribution in [3.05, 3.63) is 46.9 Å². The molecule has 144 valence electrons. The molecule has 7 nitrogen and oxygen atoms in total. The van der Waals surface area contributed by atoms with Crippen molar-refractivity contribution in [3.63, 3.8) is 0 Å². The van der Waals surface area contributed by atoms with Crippen LogP contribution in [-0.2, 0) is 4.74 Å². The van der Waals surface area contributed by atoms with Gasteiger partial charge < -0.3 is 15.4 Å². The maximum Gasteiger partial charge on any atom is 0.274 e. The summed E-state index contributed by atoms with van der Waals surface area (Å²) in [5, 5.41) is 6.25. The molecule has 1 aliphatic heterocycles. The Bertz CT molecular complexity index is 780. The van der Waals surface area contributed by atoms with Gasteiger partial charge in [0.15, 0.2) is 0 Å². The number of ether oxygens (including phenoxy) is 1. The van der Waals surface area contributed by atoms with Crippen LogP contribution in [0.5, 0.6) is 0 Å². The van der Waals surface area contributed by atoms with E-state index in [9.17, 15) is 4.79 Å². The lowest BCUT2D eigenvalue weighted by Gasteiger charge is -2.26. The van der Waals surface area contributed by atoms with Crippen LogP contribution in [0.1, 0.15) is 27.2 Å². The van der Waals surface area contributed by atoms with E-state index < -0.39 is 0 Å². The first-order valence-electron chi connectivity index (χ1n) is 9.28. The Hall–Kier alpha value is -2.51. The summed E-state index contributed by atoms with van der Waals surface area (Å²) >= 11 is 0. The molecule has 1 fully saturated rings. The summed E-state index contributed by atoms with van der Waals surface area (Å²) < 4.78 is 5.35. The van der Waals surface area contributed by atoms with Gasteiger partial charge in [-0.1, -0.05) is 17.7 Å². The van der Waals surface area contributed by atoms with Crippen molar-refractivity contribution in [3.8, 4) is 0 Å². The molecule has 0 spiro atoms. The lowest BCUT2D eigenvalue weighted by Crippen LogP contribution is -2.39. The van der Waals surface area contributed by atoms with Gasteiger partial charge in [0.05, 0.1) is 13.2 Å². The molecule has 1 aromatic carbocycles. The zero-order valence-corrected chi connectivity index (χ0v) is 16.2. The van der Waals surface area contributed by atoms with Crippen molar-refractivity contribution in [2.24, 2.45) is 0 Å². The third-order valence-electron chi connectivity index (χ3n) is 4.65. The average molecular weight is 369 g/mol. The van der Waals surface area contributed by atoms with E-state index in [1.807, 2.05) is 20.8 Å². The third-order valence-corrected chi connectivity index (χ3v) is 4.65. The molecule has 1 saturated heterocycles. The van der Waals surface area contributed by atoms with Gasteiger partial charge in [0.2, 0.25) is 0 Å². The van der Waals surface area contributed by atoms with Gasteiger partial charge in [-0.05, 0) is 31.9 Å². The summed E-state index contributed by atoms with van der Waals surface area (Å²) in [5.74, 6) is 0.421. The van der Waals surface area contributed by atoms with E-state index >= 15 is 0 Å². The van der Waals surface area contributed by atoms with Gasteiger partial charge in [-0.25, -0.2) is 9.97 Å². The normalized spacial score (nSPS) is 14.8. The standard InChI is InChI=1S/C20H27N5O2/c1-14-10-15(2)19(16(3)11-14)24-20(26)17-12-18(23-13-22-17)21-4-5-25-6-8-27-9-7-25/h10-13H,4-9H2,1-3H3,(H,24,26)(H,21,22,23). The molecular weight excluding hydrogens is 342 g/mol. The Morgan fingerprint density at radius 3 is 2.52 bits per heavy atom. The second-order valence-electron chi connectivity index (χ2n) is 6.90. The number of nitrogens with one attached hydrogen (secondary N) is 2. The number of hydrogen-bond donors (Lipinski definition) is 2. The molecular formula is C20H27N5O2. The van der Waals surface area contributed by atoms with Crippen molar-refractivity contribution in [1.29, 1.82) is 0 Å². The fourth-order valence-electron chi connectivity index (χ4n) is 3.30. The molecule has 1 aromatic heterocycles. The SMILES string of the molecule is Cc1cc(C)c(NC(=O)c2cc(NCCN3CCOCC3)ncn2)c(C)c1. The van der Waals surface area contributed by atoms with Gasteiger partial charge in [-0.15, -0.1) is 0 Å². The van der Waals surface area contributed by atoms with Crippen LogP contribution < -0.4 is 10.6 Å². The van der Waals surface area contributed by atoms with Gasteiger partial charge in [-0.3, -0.25) is 9.69 Å². The van der Waals surface area contributed by atoms with Gasteiger partial charge >= 0.3 is 0 Å². The maximum absolute atomic E-state index is 12.6. The summed E-state index contributed by atoms with van der Waals surface area (Å²) in [5.41, 5.74) is 4.44. The molecule has 0 aliphatic carbocycles. The number of aryl methyl sites for hydroxylation is 3. The first-order valence-corrected chi connectivity index (χ1v) is 9.28. The molecule has 2 N–H and O–H groups in total. The fraction of sp³-hybridized carbons (Fsp3) is 0.450. The quantitative estimate of drug-likeness (QED) is 0.814. The molecule has 2 heterocycles. The van der Waals surface area contributed by atoms with E-state index in [4.69, 9.17) is 4.74 Å². The van der Waals surface area contributed by atoms with Gasteiger partial charge in [-0.2, -0.15) is 0 Å². The van der Waals surface area contributed by atoms with E-state index in [-0.39, 0.29) is 5.91 Å². The predicted octanol–water partition coefficient (Wildman–Crippen LogP) is 2.40. The number of anilines is 2. The highest BCUT2D eigenvalue weighted by atomic mass is 16.5. The molecule has 0 unspecified atom stereocenters. The topological polar surface area (TPSA) is 79.4 Å². The van der Waals surface area contributed by atoms with Crippen molar-refractivity contribution in [2.75, 3.05) is 50.0 Å². The Morgan fingerprint density at radius 1 is 1.11 bits per heavy atom. The molecule has 27 heavy (non-hydrogen) atoms. The van der Waals surface area contributed by atoms with Crippen molar-refractivity contribution in [1.82, 2.24) is 14.9 Å². The van der Waals surface area contributed by atoms with Crippen LogP contribution in [0.3, 0.4) is 0 Å². The number of amides is 1. The van der Waals surface area contributed by atoms with Crippen LogP contribution in [0, 0.1) is 20.8 Å². The second-order valence-corrected chi connectivity index (χ2v) is 6.90. The number of morpholine rings is 1. The Balaban J connectivity index is 1.60. The fourth-order valence-corrected chi connectivity index (χ4v) is 3.30. The molecule has 0 saturated carbocycles. The van der Waals surface area contributed by atoms with Gasteiger partial charge in [0, 0.05) is 37.9 Å². The molecule has 0 atom stereocenters. The van der Waals surface area contributed by atoms with Gasteiger partial charge in [0.25, 0.3) is 5.91 Å². The minimum atomic E-state index is -0.233. The molecule has 1 amide bonds. The lowest BCUT2D eigenvalue weighted by molar-refractivity contribution is 0.0398. The molecule has 0 bridgehead atoms. The minimum absolute atomic E-state index is 0.233. The summed E-state index contributed by atoms with van der Waals surface area (Å²) in [6, 6.07) is 5.80. The van der Waals surface area contributed by atoms with Crippen LogP contribution in [0.4, 0.5) is 11.5 Å². The van der Waals surface area contributed by atoms with Crippen LogP contribution >= 0.6 is 0 Å². The predicted molar refractivity (Wildman–Crippen MR) is 106 cm³/mol. The number of rotatable bonds is 6. The van der Waals surface area contributed by atoms with E-state index in [1.165, 1.54) is 11.9 Å². The second kappa shape index (κ2) is 8.92. The molecule has 1 aliphatic rings. The minimum Gasteiger partial charge on any atom is -0.379 e. The lowest BCUT2D eigenvalue weighted by atomic mass is 10.1. The summed E-state index contributed by atoms with van der Waals surface area (Å²) in [7, 11) is 0. The first kappa shape index (κ1) is 19.3. The van der Waals surface area contributed by atoms with E-state index in [2.05, 4.69) is 37.6 Å². The van der Waals surface area contributed by atoms with Crippen LogP contribution in [-0.4, -0.2) is 60.2 Å².